The maximum absolute atomic E-state index is 13.7. The average molecular weight is 553 g/mol. The zero-order chi connectivity index (χ0) is 26.9. The molecule has 1 aliphatic rings. The molecule has 5 rings (SSSR count). The highest BCUT2D eigenvalue weighted by atomic mass is 35.5. The third-order valence-electron chi connectivity index (χ3n) is 6.44. The van der Waals surface area contributed by atoms with Crippen LogP contribution in [0.1, 0.15) is 27.2 Å². The Morgan fingerprint density at radius 1 is 1.18 bits per heavy atom. The number of rotatable bonds is 7. The summed E-state index contributed by atoms with van der Waals surface area (Å²) in [5, 5.41) is 8.19. The van der Waals surface area contributed by atoms with Gasteiger partial charge in [-0.2, -0.15) is 0 Å². The van der Waals surface area contributed by atoms with Crippen molar-refractivity contribution < 1.29 is 14.3 Å². The number of hydrogen-bond donors (Lipinski definition) is 1. The molecule has 38 heavy (non-hydrogen) atoms. The van der Waals surface area contributed by atoms with Crippen LogP contribution in [0.2, 0.25) is 5.02 Å². The van der Waals surface area contributed by atoms with E-state index in [1.807, 2.05) is 49.3 Å². The molecule has 0 bridgehead atoms. The van der Waals surface area contributed by atoms with Gasteiger partial charge < -0.3 is 19.7 Å². The summed E-state index contributed by atoms with van der Waals surface area (Å²) in [5.74, 6) is 1.14. The van der Waals surface area contributed by atoms with Crippen molar-refractivity contribution in [1.29, 1.82) is 0 Å². The molecule has 1 saturated heterocycles. The summed E-state index contributed by atoms with van der Waals surface area (Å²) in [7, 11) is 1.61. The van der Waals surface area contributed by atoms with Crippen LogP contribution in [0, 0.1) is 5.41 Å². The highest BCUT2D eigenvalue weighted by molar-refractivity contribution is 7.14. The first-order valence-electron chi connectivity index (χ1n) is 12.3. The van der Waals surface area contributed by atoms with E-state index in [1.54, 1.807) is 31.9 Å². The Hall–Kier alpha value is -3.50. The third-order valence-corrected chi connectivity index (χ3v) is 7.45. The molecule has 0 saturated carbocycles. The normalized spacial score (nSPS) is 16.4. The molecule has 11 heteroatoms. The Balaban J connectivity index is 1.30. The summed E-state index contributed by atoms with van der Waals surface area (Å²) in [6, 6.07) is 5.05. The number of carbonyl (C=O) groups is 1. The van der Waals surface area contributed by atoms with E-state index in [1.165, 1.54) is 11.3 Å². The molecule has 1 fully saturated rings. The maximum atomic E-state index is 13.7. The minimum atomic E-state index is -0.471. The van der Waals surface area contributed by atoms with Gasteiger partial charge in [0.05, 0.1) is 26.0 Å². The number of halogens is 1. The molecule has 1 aliphatic heterocycles. The summed E-state index contributed by atoms with van der Waals surface area (Å²) >= 11 is 7.69. The van der Waals surface area contributed by atoms with Crippen LogP contribution in [0.15, 0.2) is 48.4 Å². The van der Waals surface area contributed by atoms with E-state index in [-0.39, 0.29) is 17.4 Å². The second kappa shape index (κ2) is 10.7. The fourth-order valence-corrected chi connectivity index (χ4v) is 5.35. The molecule has 0 spiro atoms. The number of nitrogens with one attached hydrogen (secondary N) is 1. The van der Waals surface area contributed by atoms with Crippen molar-refractivity contribution in [2.24, 2.45) is 5.41 Å². The van der Waals surface area contributed by atoms with E-state index < -0.39 is 6.04 Å². The van der Waals surface area contributed by atoms with Gasteiger partial charge in [0, 0.05) is 46.5 Å². The molecule has 2 atom stereocenters. The topological polar surface area (TPSA) is 102 Å². The lowest BCUT2D eigenvalue weighted by Gasteiger charge is -2.33. The van der Waals surface area contributed by atoms with Gasteiger partial charge >= 0.3 is 0 Å². The molecule has 9 nitrogen and oxygen atoms in total. The monoisotopic (exact) mass is 552 g/mol. The van der Waals surface area contributed by atoms with Gasteiger partial charge in [-0.15, -0.1) is 11.3 Å². The molecule has 198 valence electrons. The predicted molar refractivity (Wildman–Crippen MR) is 149 cm³/mol. The Morgan fingerprint density at radius 2 is 2.03 bits per heavy atom. The third kappa shape index (κ3) is 5.51. The average Bonchev–Trinajstić information content (AvgIpc) is 3.57. The molecule has 0 aliphatic carbocycles. The number of thiazole rings is 1. The minimum Gasteiger partial charge on any atom is -0.494 e. The first-order valence-corrected chi connectivity index (χ1v) is 13.5. The summed E-state index contributed by atoms with van der Waals surface area (Å²) in [5.41, 5.74) is 1.06. The maximum Gasteiger partial charge on any atom is 0.245 e. The summed E-state index contributed by atoms with van der Waals surface area (Å²) < 4.78 is 11.7. The van der Waals surface area contributed by atoms with Gasteiger partial charge in [0.25, 0.3) is 0 Å². The number of pyridine rings is 1. The smallest absolute Gasteiger partial charge is 0.245 e. The van der Waals surface area contributed by atoms with Crippen LogP contribution in [0.5, 0.6) is 11.6 Å². The quantitative estimate of drug-likeness (QED) is 0.329. The van der Waals surface area contributed by atoms with Crippen LogP contribution in [-0.4, -0.2) is 63.1 Å². The molecular weight excluding hydrogens is 524 g/mol. The van der Waals surface area contributed by atoms with Gasteiger partial charge in [-0.1, -0.05) is 32.4 Å². The molecule has 1 N–H and O–H groups in total. The van der Waals surface area contributed by atoms with Crippen LogP contribution < -0.4 is 14.8 Å². The summed E-state index contributed by atoms with van der Waals surface area (Å²) in [6.07, 6.45) is 7.08. The van der Waals surface area contributed by atoms with E-state index in [0.717, 1.165) is 16.5 Å². The van der Waals surface area contributed by atoms with Gasteiger partial charge in [-0.25, -0.2) is 9.97 Å². The van der Waals surface area contributed by atoms with Crippen molar-refractivity contribution in [1.82, 2.24) is 24.8 Å². The van der Waals surface area contributed by atoms with Gasteiger partial charge in [0.2, 0.25) is 11.8 Å². The minimum absolute atomic E-state index is 0.00967. The summed E-state index contributed by atoms with van der Waals surface area (Å²) in [6.45, 7) is 7.18. The standard InChI is InChI=1S/C27H29ClN6O3S/c1-27(2,3)23(33-26-32-21(15-38-26)20-12-29-8-9-30-20)25(35)34-10-7-17(14-34)37-24-19-11-16(28)5-6-18(19)22(36-4)13-31-24/h5-6,8-9,11-13,15,17,23H,7,10,14H2,1-4H3,(H,32,33)/t17-,23-/m1/s1. The number of hydrogen-bond acceptors (Lipinski definition) is 9. The fraction of sp³-hybridized carbons (Fsp3) is 0.370. The molecule has 0 unspecified atom stereocenters. The van der Waals surface area contributed by atoms with Crippen molar-refractivity contribution in [3.05, 3.63) is 53.4 Å². The highest BCUT2D eigenvalue weighted by Gasteiger charge is 2.38. The molecule has 1 amide bonds. The van der Waals surface area contributed by atoms with Gasteiger partial charge in [0.1, 0.15) is 29.3 Å². The van der Waals surface area contributed by atoms with Crippen molar-refractivity contribution in [3.8, 4) is 23.0 Å². The van der Waals surface area contributed by atoms with E-state index in [2.05, 4.69) is 25.3 Å². The Bertz CT molecular complexity index is 1440. The predicted octanol–water partition coefficient (Wildman–Crippen LogP) is 5.32. The number of methoxy groups -OCH3 is 1. The van der Waals surface area contributed by atoms with Crippen LogP contribution in [-0.2, 0) is 4.79 Å². The number of nitrogens with zero attached hydrogens (tertiary/aromatic N) is 5. The van der Waals surface area contributed by atoms with Crippen molar-refractivity contribution in [3.63, 3.8) is 0 Å². The van der Waals surface area contributed by atoms with Crippen LogP contribution in [0.4, 0.5) is 5.13 Å². The Kier molecular flexibility index (Phi) is 7.36. The number of aromatic nitrogens is 4. The summed E-state index contributed by atoms with van der Waals surface area (Å²) in [4.78, 5) is 33.1. The number of carbonyl (C=O) groups excluding carboxylic acids is 1. The number of amides is 1. The molecule has 1 aromatic carbocycles. The van der Waals surface area contributed by atoms with Crippen molar-refractivity contribution in [2.75, 3.05) is 25.5 Å². The first-order chi connectivity index (χ1) is 18.2. The second-order valence-electron chi connectivity index (χ2n) is 10.2. The van der Waals surface area contributed by atoms with E-state index in [0.29, 0.717) is 47.0 Å². The molecule has 4 heterocycles. The van der Waals surface area contributed by atoms with Crippen LogP contribution in [0.25, 0.3) is 22.2 Å². The number of fused-ring (bicyclic) bond motifs is 1. The van der Waals surface area contributed by atoms with Crippen molar-refractivity contribution in [2.45, 2.75) is 39.3 Å². The largest absolute Gasteiger partial charge is 0.494 e. The lowest BCUT2D eigenvalue weighted by molar-refractivity contribution is -0.133. The highest BCUT2D eigenvalue weighted by Crippen LogP contribution is 2.35. The van der Waals surface area contributed by atoms with Crippen LogP contribution in [0.3, 0.4) is 0 Å². The molecule has 3 aromatic heterocycles. The number of benzene rings is 1. The van der Waals surface area contributed by atoms with Gasteiger partial charge in [-0.05, 0) is 23.6 Å². The molecule has 4 aromatic rings. The van der Waals surface area contributed by atoms with Crippen LogP contribution >= 0.6 is 22.9 Å². The zero-order valence-corrected chi connectivity index (χ0v) is 23.2. The van der Waals surface area contributed by atoms with E-state index >= 15 is 0 Å². The molecule has 0 radical (unpaired) electrons. The number of anilines is 1. The molecular formula is C27H29ClN6O3S. The fourth-order valence-electron chi connectivity index (χ4n) is 4.45. The van der Waals surface area contributed by atoms with E-state index in [9.17, 15) is 4.79 Å². The lowest BCUT2D eigenvalue weighted by Crippen LogP contribution is -2.49. The van der Waals surface area contributed by atoms with Crippen molar-refractivity contribution >= 4 is 44.7 Å². The zero-order valence-electron chi connectivity index (χ0n) is 21.6. The Labute approximate surface area is 230 Å². The number of likely N-dealkylation sites (tertiary alicyclic amines) is 1. The van der Waals surface area contributed by atoms with Gasteiger partial charge in [-0.3, -0.25) is 14.8 Å². The first kappa shape index (κ1) is 26.1. The second-order valence-corrected chi connectivity index (χ2v) is 11.5. The van der Waals surface area contributed by atoms with Gasteiger partial charge in [0.15, 0.2) is 5.13 Å². The Morgan fingerprint density at radius 3 is 2.76 bits per heavy atom. The SMILES string of the molecule is COc1cnc(O[C@@H]2CCN(C(=O)[C@@H](Nc3nc(-c4cnccn4)cs3)C(C)(C)C)C2)c2cc(Cl)ccc12. The lowest BCUT2D eigenvalue weighted by atomic mass is 9.86. The number of ether oxygens (including phenoxy) is 2. The van der Waals surface area contributed by atoms with E-state index in [4.69, 9.17) is 21.1 Å².